The van der Waals surface area contributed by atoms with Crippen LogP contribution in [0.1, 0.15) is 33.5 Å². The minimum atomic E-state index is -2.55. The summed E-state index contributed by atoms with van der Waals surface area (Å²) in [6.45, 7) is 3.83. The average molecular weight is 477 g/mol. The molecule has 0 saturated heterocycles. The molecule has 0 heterocycles. The van der Waals surface area contributed by atoms with Gasteiger partial charge in [0, 0.05) is 17.1 Å². The summed E-state index contributed by atoms with van der Waals surface area (Å²) < 4.78 is 0. The van der Waals surface area contributed by atoms with Gasteiger partial charge >= 0.3 is 0 Å². The Morgan fingerprint density at radius 2 is 1.69 bits per heavy atom. The van der Waals surface area contributed by atoms with Crippen LogP contribution in [0.25, 0.3) is 10.8 Å². The summed E-state index contributed by atoms with van der Waals surface area (Å²) in [6, 6.07) is 6.84. The smallest absolute Gasteiger partial charge is 0.255 e. The van der Waals surface area contributed by atoms with Gasteiger partial charge in [-0.05, 0) is 74.2 Å². The number of benzene rings is 2. The molecule has 8 heteroatoms. The average Bonchev–Trinajstić information content (AvgIpc) is 2.79. The van der Waals surface area contributed by atoms with Gasteiger partial charge in [-0.1, -0.05) is 24.3 Å². The Hall–Kier alpha value is -3.49. The molecule has 0 fully saturated rings. The molecule has 2 aromatic rings. The molecular weight excluding hydrogens is 448 g/mol. The van der Waals surface area contributed by atoms with Gasteiger partial charge in [-0.3, -0.25) is 19.3 Å². The number of primary amides is 1. The molecule has 0 radical (unpaired) electrons. The maximum Gasteiger partial charge on any atom is 0.255 e. The van der Waals surface area contributed by atoms with Gasteiger partial charge in [0.1, 0.15) is 17.1 Å². The molecule has 0 aromatic heterocycles. The fraction of sp³-hybridized carbons (Fsp3) is 0.370. The summed E-state index contributed by atoms with van der Waals surface area (Å²) in [7, 11) is 3.26. The molecule has 0 spiro atoms. The fourth-order valence-corrected chi connectivity index (χ4v) is 6.56. The van der Waals surface area contributed by atoms with Crippen molar-refractivity contribution in [1.29, 1.82) is 0 Å². The SMILES string of the molecule is Cc1c2c(c(C)c3ccccc13)C(=O)C1=C(O)[C@]3(O)C(=O)C(C(N)=O)=C(O)[C@@H](N(C)C)[C@@H]3C[C@@H]1C2. The second kappa shape index (κ2) is 7.50. The third-order valence-corrected chi connectivity index (χ3v) is 8.18. The van der Waals surface area contributed by atoms with Crippen LogP contribution in [0.2, 0.25) is 0 Å². The first-order chi connectivity index (χ1) is 16.4. The molecule has 0 aliphatic heterocycles. The van der Waals surface area contributed by atoms with Crippen molar-refractivity contribution in [2.75, 3.05) is 14.1 Å². The summed E-state index contributed by atoms with van der Waals surface area (Å²) in [5.41, 5.74) is 5.18. The van der Waals surface area contributed by atoms with Crippen LogP contribution in [0, 0.1) is 25.7 Å². The molecule has 0 bridgehead atoms. The van der Waals surface area contributed by atoms with Gasteiger partial charge in [0.15, 0.2) is 11.4 Å². The van der Waals surface area contributed by atoms with E-state index >= 15 is 0 Å². The first kappa shape index (κ1) is 23.3. The molecule has 35 heavy (non-hydrogen) atoms. The summed E-state index contributed by atoms with van der Waals surface area (Å²) >= 11 is 0. The molecule has 1 amide bonds. The number of aryl methyl sites for hydroxylation is 2. The van der Waals surface area contributed by atoms with Gasteiger partial charge in [0.25, 0.3) is 5.91 Å². The minimum Gasteiger partial charge on any atom is -0.510 e. The van der Waals surface area contributed by atoms with Crippen LogP contribution >= 0.6 is 0 Å². The maximum atomic E-state index is 13.9. The van der Waals surface area contributed by atoms with Crippen molar-refractivity contribution >= 4 is 28.2 Å². The van der Waals surface area contributed by atoms with Gasteiger partial charge in [-0.15, -0.1) is 0 Å². The van der Waals surface area contributed by atoms with E-state index in [0.717, 1.165) is 27.5 Å². The predicted molar refractivity (Wildman–Crippen MR) is 129 cm³/mol. The van der Waals surface area contributed by atoms with E-state index in [0.29, 0.717) is 12.0 Å². The van der Waals surface area contributed by atoms with Gasteiger partial charge in [0.05, 0.1) is 6.04 Å². The number of rotatable bonds is 2. The zero-order chi connectivity index (χ0) is 25.6. The number of nitrogens with two attached hydrogens (primary N) is 1. The van der Waals surface area contributed by atoms with Crippen molar-refractivity contribution in [2.24, 2.45) is 17.6 Å². The summed E-state index contributed by atoms with van der Waals surface area (Å²) in [5.74, 6) is -5.55. The van der Waals surface area contributed by atoms with E-state index in [2.05, 4.69) is 0 Å². The Kier molecular flexibility index (Phi) is 4.99. The van der Waals surface area contributed by atoms with Crippen molar-refractivity contribution in [1.82, 2.24) is 4.90 Å². The lowest BCUT2D eigenvalue weighted by Crippen LogP contribution is -2.63. The number of allylic oxidation sites excluding steroid dienone is 1. The Labute approximate surface area is 202 Å². The number of likely N-dealkylation sites (N-methyl/N-ethyl adjacent to an activating group) is 1. The highest BCUT2D eigenvalue weighted by molar-refractivity contribution is 6.25. The number of nitrogens with zero attached hydrogens (tertiary/aromatic N) is 1. The number of aliphatic hydroxyl groups is 3. The number of aliphatic hydroxyl groups excluding tert-OH is 2. The number of ketones is 2. The highest BCUT2D eigenvalue weighted by Crippen LogP contribution is 2.52. The van der Waals surface area contributed by atoms with Crippen molar-refractivity contribution in [3.63, 3.8) is 0 Å². The van der Waals surface area contributed by atoms with Crippen LogP contribution in [0.15, 0.2) is 46.9 Å². The monoisotopic (exact) mass is 476 g/mol. The standard InChI is InChI=1S/C27H28N2O6/c1-11-14-7-5-6-8-15(14)12(2)18-16(11)9-13-10-17-21(29(3)4)23(31)20(26(28)34)25(33)27(17,35)24(32)19(13)22(18)30/h5-8,13,17,21,31-32,35H,9-10H2,1-4H3,(H2,28,34)/t13-,17-,21-,27-/m0/s1. The molecule has 182 valence electrons. The summed E-state index contributed by atoms with van der Waals surface area (Å²) in [5, 5.41) is 35.9. The molecule has 2 aromatic carbocycles. The molecule has 0 unspecified atom stereocenters. The molecule has 8 nitrogen and oxygen atoms in total. The van der Waals surface area contributed by atoms with Crippen LogP contribution in [-0.4, -0.2) is 63.4 Å². The number of fused-ring (bicyclic) bond motifs is 4. The fourth-order valence-electron chi connectivity index (χ4n) is 6.56. The van der Waals surface area contributed by atoms with E-state index in [1.807, 2.05) is 38.1 Å². The number of carbonyl (C=O) groups is 3. The van der Waals surface area contributed by atoms with Gasteiger partial charge in [0.2, 0.25) is 5.78 Å². The molecule has 3 aliphatic carbocycles. The van der Waals surface area contributed by atoms with Crippen molar-refractivity contribution in [3.8, 4) is 0 Å². The predicted octanol–water partition coefficient (Wildman–Crippen LogP) is 2.19. The number of carbonyl (C=O) groups excluding carboxylic acids is 3. The molecule has 5 rings (SSSR count). The second-order valence-electron chi connectivity index (χ2n) is 10.1. The Morgan fingerprint density at radius 3 is 2.26 bits per heavy atom. The Balaban J connectivity index is 1.78. The highest BCUT2D eigenvalue weighted by Gasteiger charge is 2.63. The van der Waals surface area contributed by atoms with Crippen LogP contribution < -0.4 is 5.73 Å². The van der Waals surface area contributed by atoms with Crippen molar-refractivity contribution < 1.29 is 29.7 Å². The Morgan fingerprint density at radius 1 is 1.09 bits per heavy atom. The van der Waals surface area contributed by atoms with Crippen molar-refractivity contribution in [2.45, 2.75) is 38.3 Å². The lowest BCUT2D eigenvalue weighted by atomic mass is 9.58. The largest absolute Gasteiger partial charge is 0.510 e. The highest BCUT2D eigenvalue weighted by atomic mass is 16.3. The van der Waals surface area contributed by atoms with Gasteiger partial charge in [-0.2, -0.15) is 0 Å². The molecule has 3 aliphatic rings. The van der Waals surface area contributed by atoms with E-state index < -0.39 is 58.0 Å². The van der Waals surface area contributed by atoms with Crippen LogP contribution in [-0.2, 0) is 16.0 Å². The first-order valence-electron chi connectivity index (χ1n) is 11.6. The van der Waals surface area contributed by atoms with Crippen molar-refractivity contribution in [3.05, 3.63) is 69.2 Å². The number of hydrogen-bond acceptors (Lipinski definition) is 7. The van der Waals surface area contributed by atoms with E-state index in [-0.39, 0.29) is 12.0 Å². The number of Topliss-reactive ketones (excluding diaryl/α,β-unsaturated/α-hetero) is 2. The van der Waals surface area contributed by atoms with Crippen LogP contribution in [0.4, 0.5) is 0 Å². The molecule has 4 atom stereocenters. The topological polar surface area (TPSA) is 141 Å². The normalized spacial score (nSPS) is 28.3. The van der Waals surface area contributed by atoms with Crippen LogP contribution in [0.5, 0.6) is 0 Å². The first-order valence-corrected chi connectivity index (χ1v) is 11.6. The third kappa shape index (κ3) is 2.84. The Bertz CT molecular complexity index is 1420. The number of hydrogen-bond donors (Lipinski definition) is 4. The summed E-state index contributed by atoms with van der Waals surface area (Å²) in [6.07, 6.45) is 0.586. The minimum absolute atomic E-state index is 0.00917. The quantitative estimate of drug-likeness (QED) is 0.487. The van der Waals surface area contributed by atoms with Gasteiger partial charge < -0.3 is 21.1 Å². The molecule has 0 saturated carbocycles. The zero-order valence-corrected chi connectivity index (χ0v) is 20.0. The second-order valence-corrected chi connectivity index (χ2v) is 10.1. The van der Waals surface area contributed by atoms with E-state index in [1.54, 1.807) is 19.0 Å². The zero-order valence-electron chi connectivity index (χ0n) is 20.0. The molecular formula is C27H28N2O6. The van der Waals surface area contributed by atoms with Gasteiger partial charge in [-0.25, -0.2) is 0 Å². The summed E-state index contributed by atoms with van der Waals surface area (Å²) in [4.78, 5) is 40.9. The molecule has 5 N–H and O–H groups in total. The van der Waals surface area contributed by atoms with Crippen LogP contribution in [0.3, 0.4) is 0 Å². The maximum absolute atomic E-state index is 13.9. The lowest BCUT2D eigenvalue weighted by Gasteiger charge is -2.50. The van der Waals surface area contributed by atoms with E-state index in [9.17, 15) is 29.7 Å². The van der Waals surface area contributed by atoms with E-state index in [1.165, 1.54) is 0 Å². The van der Waals surface area contributed by atoms with E-state index in [4.69, 9.17) is 5.73 Å². The number of amides is 1. The lowest BCUT2D eigenvalue weighted by molar-refractivity contribution is -0.148. The third-order valence-electron chi connectivity index (χ3n) is 8.18.